The molecule has 0 amide bonds. The van der Waals surface area contributed by atoms with Gasteiger partial charge in [0.05, 0.1) is 6.67 Å². The first-order valence-electron chi connectivity index (χ1n) is 19.2. The number of halogens is 1. The summed E-state index contributed by atoms with van der Waals surface area (Å²) in [5.74, 6) is 2.74. The van der Waals surface area contributed by atoms with Crippen LogP contribution in [-0.4, -0.2) is 33.4 Å². The van der Waals surface area contributed by atoms with Crippen molar-refractivity contribution in [3.63, 3.8) is 0 Å². The van der Waals surface area contributed by atoms with Crippen molar-refractivity contribution in [3.8, 4) is 0 Å². The van der Waals surface area contributed by atoms with E-state index < -0.39 is 0 Å². The van der Waals surface area contributed by atoms with Gasteiger partial charge >= 0.3 is 0 Å². The number of hydrogen-bond acceptors (Lipinski definition) is 2. The predicted molar refractivity (Wildman–Crippen MR) is 216 cm³/mol. The minimum atomic E-state index is -0.250. The lowest BCUT2D eigenvalue weighted by atomic mass is 9.78. The van der Waals surface area contributed by atoms with Gasteiger partial charge in [0.2, 0.25) is 0 Å². The van der Waals surface area contributed by atoms with Gasteiger partial charge in [-0.2, -0.15) is 0 Å². The van der Waals surface area contributed by atoms with Crippen LogP contribution in [-0.2, 0) is 5.41 Å². The van der Waals surface area contributed by atoms with Crippen LogP contribution in [0.1, 0.15) is 159 Å². The molecule has 2 aliphatic rings. The highest BCUT2D eigenvalue weighted by Gasteiger charge is 2.36. The molecule has 2 N–H and O–H groups in total. The summed E-state index contributed by atoms with van der Waals surface area (Å²) in [6.07, 6.45) is 17.3. The number of unbranched alkanes of at least 4 members (excludes halogenated alkanes) is 2. The number of nitrogens with one attached hydrogen (secondary N) is 2. The standard InChI is InChI=1S/C20H29N.C7H16.C6H13N.C2H5F.3C2H6.C2H4/c1-4-6-8-11-17-15-20(16-21-3,14-7-5-2)19-13-10-9-12-18(17)19;1-5-7(4)6(2)3;1-6-2-4-7-5-3-6;1-2-3;4*1-2/h8-13,15,21H,4-7,14,16H2,1-3H3;6-7H,5H2,1-4H3;6-7H,2-5H2,1H3;2H2,1H3;3*1-2H3;1-2H2/b11-8-;;;;;;;. The monoisotopic (exact) mass is 649 g/mol. The number of fused-ring (bicyclic) bond motifs is 1. The number of allylic oxidation sites excluding steroid dienone is 3. The summed E-state index contributed by atoms with van der Waals surface area (Å²) in [6, 6.07) is 8.94. The minimum Gasteiger partial charge on any atom is -0.319 e. The van der Waals surface area contributed by atoms with Crippen LogP contribution in [0, 0.1) is 17.8 Å². The Bertz CT molecular complexity index is 764. The van der Waals surface area contributed by atoms with E-state index in [0.29, 0.717) is 0 Å². The number of likely N-dealkylation sites (N-methyl/N-ethyl adjacent to an activating group) is 1. The average Bonchev–Trinajstić information content (AvgIpc) is 3.41. The van der Waals surface area contributed by atoms with E-state index in [4.69, 9.17) is 0 Å². The highest BCUT2D eigenvalue weighted by Crippen LogP contribution is 2.44. The molecule has 3 rings (SSSR count). The second-order valence-electron chi connectivity index (χ2n) is 11.5. The lowest BCUT2D eigenvalue weighted by molar-refractivity contribution is 0.402. The highest BCUT2D eigenvalue weighted by molar-refractivity contribution is 5.82. The van der Waals surface area contributed by atoms with E-state index >= 15 is 0 Å². The van der Waals surface area contributed by atoms with Gasteiger partial charge in [-0.05, 0) is 87.2 Å². The van der Waals surface area contributed by atoms with Gasteiger partial charge in [0.15, 0.2) is 0 Å². The Balaban J connectivity index is -0.000000185. The van der Waals surface area contributed by atoms with Gasteiger partial charge in [-0.25, -0.2) is 0 Å². The maximum Gasteiger partial charge on any atom is 0.0866 e. The van der Waals surface area contributed by atoms with Crippen LogP contribution in [0.5, 0.6) is 0 Å². The molecular weight excluding hydrogens is 563 g/mol. The number of alkyl halides is 1. The molecule has 1 aliphatic carbocycles. The Labute approximate surface area is 291 Å². The molecule has 0 saturated carbocycles. The average molecular weight is 649 g/mol. The second kappa shape index (κ2) is 41.3. The Morgan fingerprint density at radius 3 is 1.83 bits per heavy atom. The Hall–Kier alpha value is -1.71. The zero-order chi connectivity index (χ0) is 36.8. The van der Waals surface area contributed by atoms with Crippen molar-refractivity contribution >= 4 is 5.57 Å². The summed E-state index contributed by atoms with van der Waals surface area (Å²) < 4.78 is 10.3. The molecule has 0 radical (unpaired) electrons. The summed E-state index contributed by atoms with van der Waals surface area (Å²) in [4.78, 5) is 0. The van der Waals surface area contributed by atoms with Crippen LogP contribution in [0.25, 0.3) is 5.57 Å². The van der Waals surface area contributed by atoms with Crippen molar-refractivity contribution in [1.29, 1.82) is 0 Å². The van der Waals surface area contributed by atoms with Crippen molar-refractivity contribution in [3.05, 3.63) is 66.8 Å². The van der Waals surface area contributed by atoms with Gasteiger partial charge < -0.3 is 10.6 Å². The predicted octanol–water partition coefficient (Wildman–Crippen LogP) is 13.6. The van der Waals surface area contributed by atoms with Crippen LogP contribution >= 0.6 is 0 Å². The Kier molecular flexibility index (Phi) is 48.3. The van der Waals surface area contributed by atoms with Gasteiger partial charge in [0.25, 0.3) is 0 Å². The molecule has 1 aliphatic heterocycles. The van der Waals surface area contributed by atoms with Gasteiger partial charge in [-0.15, -0.1) is 13.2 Å². The SMILES string of the molecule is C=C.CC.CC.CC.CC1CCNCC1.CCC(C)C(C)C.CCC/C=C\C1=CC(CCCC)(CNC)c2ccccc21.CCF. The summed E-state index contributed by atoms with van der Waals surface area (Å²) in [5, 5.41) is 6.73. The van der Waals surface area contributed by atoms with E-state index in [1.165, 1.54) is 81.7 Å². The van der Waals surface area contributed by atoms with Crippen LogP contribution in [0.4, 0.5) is 4.39 Å². The summed E-state index contributed by atoms with van der Waals surface area (Å²) >= 11 is 0. The van der Waals surface area contributed by atoms with Gasteiger partial charge in [0.1, 0.15) is 0 Å². The summed E-state index contributed by atoms with van der Waals surface area (Å²) in [7, 11) is 2.06. The summed E-state index contributed by atoms with van der Waals surface area (Å²) in [6.45, 7) is 38.6. The van der Waals surface area contributed by atoms with E-state index in [0.717, 1.165) is 30.7 Å². The quantitative estimate of drug-likeness (QED) is 0.247. The van der Waals surface area contributed by atoms with Crippen molar-refractivity contribution in [2.24, 2.45) is 17.8 Å². The minimum absolute atomic E-state index is 0.174. The van der Waals surface area contributed by atoms with E-state index in [9.17, 15) is 4.39 Å². The fourth-order valence-electron chi connectivity index (χ4n) is 4.82. The summed E-state index contributed by atoms with van der Waals surface area (Å²) in [5.41, 5.74) is 4.51. The second-order valence-corrected chi connectivity index (χ2v) is 11.5. The lowest BCUT2D eigenvalue weighted by Crippen LogP contribution is -2.33. The molecule has 2 unspecified atom stereocenters. The lowest BCUT2D eigenvalue weighted by Gasteiger charge is -2.29. The van der Waals surface area contributed by atoms with Crippen molar-refractivity contribution < 1.29 is 4.39 Å². The third kappa shape index (κ3) is 26.4. The molecule has 3 heteroatoms. The number of hydrogen-bond donors (Lipinski definition) is 2. The first-order chi connectivity index (χ1) is 22.3. The zero-order valence-corrected chi connectivity index (χ0v) is 34.1. The van der Waals surface area contributed by atoms with E-state index in [1.807, 2.05) is 41.5 Å². The first-order valence-corrected chi connectivity index (χ1v) is 19.2. The fourth-order valence-corrected chi connectivity index (χ4v) is 4.82. The topological polar surface area (TPSA) is 24.1 Å². The number of benzene rings is 1. The van der Waals surface area contributed by atoms with Crippen LogP contribution in [0.15, 0.2) is 55.7 Å². The molecule has 46 heavy (non-hydrogen) atoms. The fraction of sp³-hybridized carbons (Fsp3) is 0.721. The maximum atomic E-state index is 10.3. The number of rotatable bonds is 10. The van der Waals surface area contributed by atoms with Gasteiger partial charge in [-0.1, -0.05) is 158 Å². The molecule has 1 aromatic rings. The largest absolute Gasteiger partial charge is 0.319 e. The molecule has 0 aromatic heterocycles. The maximum absolute atomic E-state index is 10.3. The van der Waals surface area contributed by atoms with Crippen LogP contribution < -0.4 is 10.6 Å². The molecule has 1 saturated heterocycles. The third-order valence-electron chi connectivity index (χ3n) is 7.84. The molecule has 1 aromatic carbocycles. The molecule has 2 atom stereocenters. The normalized spacial score (nSPS) is 16.5. The van der Waals surface area contributed by atoms with Crippen LogP contribution in [0.3, 0.4) is 0 Å². The van der Waals surface area contributed by atoms with Crippen molar-refractivity contribution in [2.75, 3.05) is 33.4 Å². The smallest absolute Gasteiger partial charge is 0.0866 e. The molecule has 2 nitrogen and oxygen atoms in total. The molecule has 1 fully saturated rings. The van der Waals surface area contributed by atoms with Gasteiger partial charge in [0, 0.05) is 12.0 Å². The molecule has 0 bridgehead atoms. The molecule has 0 spiro atoms. The van der Waals surface area contributed by atoms with Gasteiger partial charge in [-0.3, -0.25) is 4.39 Å². The van der Waals surface area contributed by atoms with Crippen molar-refractivity contribution in [1.82, 2.24) is 10.6 Å². The molecular formula is C43H85FN2. The highest BCUT2D eigenvalue weighted by atomic mass is 19.1. The van der Waals surface area contributed by atoms with E-state index in [2.05, 4.69) is 122 Å². The molecule has 1 heterocycles. The van der Waals surface area contributed by atoms with Crippen LogP contribution in [0.2, 0.25) is 0 Å². The Morgan fingerprint density at radius 2 is 1.46 bits per heavy atom. The third-order valence-corrected chi connectivity index (χ3v) is 7.84. The van der Waals surface area contributed by atoms with Crippen molar-refractivity contribution in [2.45, 2.75) is 154 Å². The van der Waals surface area contributed by atoms with E-state index in [-0.39, 0.29) is 12.1 Å². The Morgan fingerprint density at radius 1 is 0.935 bits per heavy atom. The zero-order valence-electron chi connectivity index (χ0n) is 34.1. The van der Waals surface area contributed by atoms with E-state index in [1.54, 1.807) is 0 Å². The number of piperidine rings is 1. The first kappa shape index (κ1) is 53.8. The molecule has 274 valence electrons.